The van der Waals surface area contributed by atoms with Crippen LogP contribution in [0, 0.1) is 11.3 Å². The number of halogens is 1. The van der Waals surface area contributed by atoms with E-state index in [1.54, 1.807) is 0 Å². The predicted molar refractivity (Wildman–Crippen MR) is 79.7 cm³/mol. The molecule has 0 aliphatic rings. The largest absolute Gasteiger partial charge is 0.493 e. The van der Waals surface area contributed by atoms with Gasteiger partial charge >= 0.3 is 0 Å². The summed E-state index contributed by atoms with van der Waals surface area (Å²) in [6.45, 7) is 7.27. The summed E-state index contributed by atoms with van der Waals surface area (Å²) in [6.07, 6.45) is 1.38. The lowest BCUT2D eigenvalue weighted by molar-refractivity contribution is 0.318. The lowest BCUT2D eigenvalue weighted by atomic mass is 9.95. The second-order valence-electron chi connectivity index (χ2n) is 4.28. The molecule has 0 bridgehead atoms. The second kappa shape index (κ2) is 8.06. The number of hydrogen-bond donors (Lipinski definition) is 0. The van der Waals surface area contributed by atoms with Gasteiger partial charge in [0.15, 0.2) is 0 Å². The van der Waals surface area contributed by atoms with Crippen molar-refractivity contribution >= 4 is 15.9 Å². The summed E-state index contributed by atoms with van der Waals surface area (Å²) >= 11 is 3.52. The van der Waals surface area contributed by atoms with Crippen LogP contribution in [0.4, 0.5) is 0 Å². The van der Waals surface area contributed by atoms with Crippen molar-refractivity contribution in [3.05, 3.63) is 22.2 Å². The Morgan fingerprint density at radius 2 is 1.84 bits per heavy atom. The zero-order chi connectivity index (χ0) is 14.3. The van der Waals surface area contributed by atoms with E-state index in [1.807, 2.05) is 26.0 Å². The maximum atomic E-state index is 8.69. The zero-order valence-corrected chi connectivity index (χ0v) is 13.3. The first-order valence-corrected chi connectivity index (χ1v) is 7.39. The summed E-state index contributed by atoms with van der Waals surface area (Å²) in [5.74, 6) is 1.93. The highest BCUT2D eigenvalue weighted by atomic mass is 79.9. The number of rotatable bonds is 7. The van der Waals surface area contributed by atoms with Crippen LogP contribution in [0.5, 0.6) is 11.5 Å². The Labute approximate surface area is 123 Å². The van der Waals surface area contributed by atoms with Gasteiger partial charge in [0, 0.05) is 12.5 Å². The highest BCUT2D eigenvalue weighted by molar-refractivity contribution is 9.10. The second-order valence-corrected chi connectivity index (χ2v) is 5.14. The molecule has 104 valence electrons. The fourth-order valence-corrected chi connectivity index (χ4v) is 2.39. The summed E-state index contributed by atoms with van der Waals surface area (Å²) < 4.78 is 12.2. The fourth-order valence-electron chi connectivity index (χ4n) is 1.92. The monoisotopic (exact) mass is 325 g/mol. The first kappa shape index (κ1) is 15.8. The van der Waals surface area contributed by atoms with Crippen molar-refractivity contribution in [1.29, 1.82) is 5.26 Å². The molecule has 0 fully saturated rings. The predicted octanol–water partition coefficient (Wildman–Crippen LogP) is 4.65. The molecule has 0 aliphatic carbocycles. The van der Waals surface area contributed by atoms with Crippen LogP contribution in [0.25, 0.3) is 0 Å². The van der Waals surface area contributed by atoms with E-state index in [0.29, 0.717) is 19.6 Å². The van der Waals surface area contributed by atoms with Crippen LogP contribution < -0.4 is 9.47 Å². The molecule has 0 amide bonds. The minimum Gasteiger partial charge on any atom is -0.493 e. The molecule has 1 aromatic carbocycles. The van der Waals surface area contributed by atoms with Crippen LogP contribution in [0.15, 0.2) is 16.6 Å². The molecule has 1 atom stereocenters. The Balaban J connectivity index is 3.07. The molecule has 3 nitrogen and oxygen atoms in total. The van der Waals surface area contributed by atoms with Crippen LogP contribution >= 0.6 is 15.9 Å². The number of ether oxygens (including phenoxy) is 2. The fraction of sp³-hybridized carbons (Fsp3) is 0.533. The van der Waals surface area contributed by atoms with E-state index in [2.05, 4.69) is 28.9 Å². The van der Waals surface area contributed by atoms with E-state index < -0.39 is 0 Å². The standard InChI is InChI=1S/C15H20BrNO2/c1-4-18-14-10-15(19-5-2)13(16)9-12(14)11(3)7-6-8-17/h9-11H,4-7H2,1-3H3. The van der Waals surface area contributed by atoms with Crippen LogP contribution in [0.1, 0.15) is 45.1 Å². The molecule has 0 N–H and O–H groups in total. The Hall–Kier alpha value is -1.21. The number of benzene rings is 1. The van der Waals surface area contributed by atoms with Gasteiger partial charge < -0.3 is 9.47 Å². The number of hydrogen-bond acceptors (Lipinski definition) is 3. The van der Waals surface area contributed by atoms with Crippen LogP contribution in [-0.2, 0) is 0 Å². The third-order valence-electron chi connectivity index (χ3n) is 2.88. The Morgan fingerprint density at radius 3 is 2.42 bits per heavy atom. The average molecular weight is 326 g/mol. The highest BCUT2D eigenvalue weighted by Crippen LogP contribution is 2.38. The number of nitriles is 1. The quantitative estimate of drug-likeness (QED) is 0.732. The maximum Gasteiger partial charge on any atom is 0.137 e. The van der Waals surface area contributed by atoms with E-state index in [4.69, 9.17) is 14.7 Å². The molecule has 0 aliphatic heterocycles. The topological polar surface area (TPSA) is 42.2 Å². The van der Waals surface area contributed by atoms with Gasteiger partial charge in [-0.1, -0.05) is 6.92 Å². The van der Waals surface area contributed by atoms with Crippen molar-refractivity contribution in [2.45, 2.75) is 39.5 Å². The minimum atomic E-state index is 0.285. The zero-order valence-electron chi connectivity index (χ0n) is 11.7. The van der Waals surface area contributed by atoms with Gasteiger partial charge in [-0.25, -0.2) is 0 Å². The molecule has 4 heteroatoms. The molecular weight excluding hydrogens is 306 g/mol. The Bertz CT molecular complexity index is 454. The van der Waals surface area contributed by atoms with Crippen molar-refractivity contribution in [3.63, 3.8) is 0 Å². The third-order valence-corrected chi connectivity index (χ3v) is 3.50. The first-order valence-electron chi connectivity index (χ1n) is 6.59. The van der Waals surface area contributed by atoms with Crippen LogP contribution in [0.3, 0.4) is 0 Å². The van der Waals surface area contributed by atoms with Crippen molar-refractivity contribution in [1.82, 2.24) is 0 Å². The lowest BCUT2D eigenvalue weighted by Crippen LogP contribution is -2.02. The van der Waals surface area contributed by atoms with E-state index in [-0.39, 0.29) is 5.92 Å². The van der Waals surface area contributed by atoms with Gasteiger partial charge in [-0.3, -0.25) is 0 Å². The normalized spacial score (nSPS) is 11.7. The van der Waals surface area contributed by atoms with Gasteiger partial charge in [0.2, 0.25) is 0 Å². The molecule has 0 spiro atoms. The lowest BCUT2D eigenvalue weighted by Gasteiger charge is -2.18. The molecule has 1 aromatic rings. The third kappa shape index (κ3) is 4.43. The highest BCUT2D eigenvalue weighted by Gasteiger charge is 2.15. The summed E-state index contributed by atoms with van der Waals surface area (Å²) in [6, 6.07) is 6.15. The molecular formula is C15H20BrNO2. The molecule has 1 rings (SSSR count). The van der Waals surface area contributed by atoms with Gasteiger partial charge in [0.25, 0.3) is 0 Å². The van der Waals surface area contributed by atoms with Gasteiger partial charge in [-0.05, 0) is 53.7 Å². The van der Waals surface area contributed by atoms with E-state index >= 15 is 0 Å². The van der Waals surface area contributed by atoms with E-state index in [0.717, 1.165) is 28.0 Å². The van der Waals surface area contributed by atoms with Crippen molar-refractivity contribution in [3.8, 4) is 17.6 Å². The maximum absolute atomic E-state index is 8.69. The summed E-state index contributed by atoms with van der Waals surface area (Å²) in [5, 5.41) is 8.69. The van der Waals surface area contributed by atoms with Gasteiger partial charge in [-0.2, -0.15) is 5.26 Å². The summed E-state index contributed by atoms with van der Waals surface area (Å²) in [5.41, 5.74) is 1.12. The van der Waals surface area contributed by atoms with Crippen LogP contribution in [0.2, 0.25) is 0 Å². The first-order chi connectivity index (χ1) is 9.13. The Morgan fingerprint density at radius 1 is 1.21 bits per heavy atom. The molecule has 0 heterocycles. The summed E-state index contributed by atoms with van der Waals surface area (Å²) in [7, 11) is 0. The van der Waals surface area contributed by atoms with Crippen molar-refractivity contribution in [2.24, 2.45) is 0 Å². The average Bonchev–Trinajstić information content (AvgIpc) is 2.40. The van der Waals surface area contributed by atoms with Crippen LogP contribution in [-0.4, -0.2) is 13.2 Å². The molecule has 0 aromatic heterocycles. The number of nitrogens with zero attached hydrogens (tertiary/aromatic N) is 1. The molecule has 0 radical (unpaired) electrons. The van der Waals surface area contributed by atoms with Crippen molar-refractivity contribution in [2.75, 3.05) is 13.2 Å². The van der Waals surface area contributed by atoms with Crippen molar-refractivity contribution < 1.29 is 9.47 Å². The molecule has 0 saturated carbocycles. The van der Waals surface area contributed by atoms with Gasteiger partial charge in [0.05, 0.1) is 23.8 Å². The minimum absolute atomic E-state index is 0.285. The molecule has 19 heavy (non-hydrogen) atoms. The Kier molecular flexibility index (Phi) is 6.72. The molecule has 1 unspecified atom stereocenters. The van der Waals surface area contributed by atoms with E-state index in [9.17, 15) is 0 Å². The van der Waals surface area contributed by atoms with Gasteiger partial charge in [0.1, 0.15) is 11.5 Å². The van der Waals surface area contributed by atoms with E-state index in [1.165, 1.54) is 0 Å². The smallest absolute Gasteiger partial charge is 0.137 e. The molecule has 0 saturated heterocycles. The summed E-state index contributed by atoms with van der Waals surface area (Å²) in [4.78, 5) is 0. The SMILES string of the molecule is CCOc1cc(OCC)c(C(C)CCC#N)cc1Br. The van der Waals surface area contributed by atoms with Gasteiger partial charge in [-0.15, -0.1) is 0 Å².